The zero-order valence-corrected chi connectivity index (χ0v) is 7.10. The van der Waals surface area contributed by atoms with E-state index in [4.69, 9.17) is 10.3 Å². The first kappa shape index (κ1) is 8.01. The van der Waals surface area contributed by atoms with E-state index in [1.807, 2.05) is 30.3 Å². The molecule has 2 aromatic rings. The minimum absolute atomic E-state index is 0.547. The summed E-state index contributed by atoms with van der Waals surface area (Å²) in [5, 5.41) is 3.85. The van der Waals surface area contributed by atoms with Crippen LogP contribution >= 0.6 is 0 Å². The molecule has 0 aliphatic heterocycles. The fourth-order valence-electron chi connectivity index (χ4n) is 1.22. The van der Waals surface area contributed by atoms with Gasteiger partial charge in [-0.1, -0.05) is 23.4 Å². The second kappa shape index (κ2) is 3.41. The number of benzene rings is 1. The fraction of sp³-hybridized carbons (Fsp3) is 0.100. The van der Waals surface area contributed by atoms with Crippen molar-refractivity contribution in [3.8, 4) is 11.3 Å². The Balaban J connectivity index is 2.41. The Bertz CT molecular complexity index is 382. The second-order valence-corrected chi connectivity index (χ2v) is 2.79. The highest BCUT2D eigenvalue weighted by atomic mass is 16.5. The molecule has 0 aliphatic rings. The van der Waals surface area contributed by atoms with Gasteiger partial charge in [-0.2, -0.15) is 0 Å². The van der Waals surface area contributed by atoms with Crippen molar-refractivity contribution in [1.29, 1.82) is 0 Å². The Kier molecular flexibility index (Phi) is 2.10. The number of rotatable bonds is 2. The van der Waals surface area contributed by atoms with Gasteiger partial charge in [0.2, 0.25) is 0 Å². The average molecular weight is 174 g/mol. The van der Waals surface area contributed by atoms with Crippen molar-refractivity contribution in [1.82, 2.24) is 5.16 Å². The Labute approximate surface area is 76.2 Å². The van der Waals surface area contributed by atoms with E-state index in [-0.39, 0.29) is 0 Å². The maximum absolute atomic E-state index is 5.53. The zero-order valence-electron chi connectivity index (χ0n) is 7.10. The number of hydrogen-bond donors (Lipinski definition) is 1. The molecule has 2 N–H and O–H groups in total. The van der Waals surface area contributed by atoms with Crippen LogP contribution in [-0.4, -0.2) is 5.16 Å². The first-order chi connectivity index (χ1) is 6.40. The van der Waals surface area contributed by atoms with Crippen molar-refractivity contribution in [2.24, 2.45) is 5.73 Å². The summed E-state index contributed by atoms with van der Waals surface area (Å²) in [6.07, 6.45) is 1.56. The molecule has 0 fully saturated rings. The van der Waals surface area contributed by atoms with E-state index in [0.717, 1.165) is 16.8 Å². The van der Waals surface area contributed by atoms with E-state index in [0.29, 0.717) is 6.54 Å². The van der Waals surface area contributed by atoms with Gasteiger partial charge in [0.05, 0.1) is 0 Å². The van der Waals surface area contributed by atoms with Crippen molar-refractivity contribution in [3.05, 3.63) is 42.2 Å². The van der Waals surface area contributed by atoms with Crippen LogP contribution in [0.3, 0.4) is 0 Å². The lowest BCUT2D eigenvalue weighted by molar-refractivity contribution is 0.422. The Morgan fingerprint density at radius 1 is 1.31 bits per heavy atom. The zero-order chi connectivity index (χ0) is 9.10. The molecule has 1 aromatic heterocycles. The molecule has 66 valence electrons. The molecule has 0 amide bonds. The van der Waals surface area contributed by atoms with E-state index >= 15 is 0 Å². The van der Waals surface area contributed by atoms with Crippen LogP contribution in [0.2, 0.25) is 0 Å². The largest absolute Gasteiger partial charge is 0.364 e. The third-order valence-corrected chi connectivity index (χ3v) is 1.90. The minimum atomic E-state index is 0.547. The van der Waals surface area contributed by atoms with Gasteiger partial charge in [0.15, 0.2) is 0 Å². The Morgan fingerprint density at radius 2 is 2.23 bits per heavy atom. The molecular weight excluding hydrogens is 164 g/mol. The molecule has 0 radical (unpaired) electrons. The van der Waals surface area contributed by atoms with Gasteiger partial charge in [-0.25, -0.2) is 0 Å². The van der Waals surface area contributed by atoms with Gasteiger partial charge in [0.1, 0.15) is 12.0 Å². The summed E-state index contributed by atoms with van der Waals surface area (Å²) in [6.45, 7) is 0.547. The van der Waals surface area contributed by atoms with Crippen molar-refractivity contribution in [3.63, 3.8) is 0 Å². The van der Waals surface area contributed by atoms with E-state index in [1.54, 1.807) is 6.26 Å². The molecule has 3 nitrogen and oxygen atoms in total. The SMILES string of the molecule is NCc1cccc(-c2ccon2)c1. The van der Waals surface area contributed by atoms with Gasteiger partial charge in [0, 0.05) is 18.2 Å². The van der Waals surface area contributed by atoms with Crippen LogP contribution < -0.4 is 5.73 Å². The van der Waals surface area contributed by atoms with E-state index in [2.05, 4.69) is 5.16 Å². The quantitative estimate of drug-likeness (QED) is 0.755. The number of nitrogens with two attached hydrogens (primary N) is 1. The summed E-state index contributed by atoms with van der Waals surface area (Å²) in [5.41, 5.74) is 8.51. The van der Waals surface area contributed by atoms with Crippen molar-refractivity contribution in [2.75, 3.05) is 0 Å². The molecule has 0 unspecified atom stereocenters. The molecule has 0 saturated carbocycles. The molecule has 2 rings (SSSR count). The van der Waals surface area contributed by atoms with Gasteiger partial charge < -0.3 is 10.3 Å². The molecule has 1 heterocycles. The molecule has 0 spiro atoms. The maximum Gasteiger partial charge on any atom is 0.124 e. The van der Waals surface area contributed by atoms with E-state index in [9.17, 15) is 0 Å². The molecule has 0 bridgehead atoms. The van der Waals surface area contributed by atoms with E-state index < -0.39 is 0 Å². The fourth-order valence-corrected chi connectivity index (χ4v) is 1.22. The third-order valence-electron chi connectivity index (χ3n) is 1.90. The predicted molar refractivity (Wildman–Crippen MR) is 49.8 cm³/mol. The van der Waals surface area contributed by atoms with Crippen molar-refractivity contribution in [2.45, 2.75) is 6.54 Å². The van der Waals surface area contributed by atoms with Gasteiger partial charge in [-0.05, 0) is 11.6 Å². The minimum Gasteiger partial charge on any atom is -0.364 e. The molecule has 1 aromatic carbocycles. The molecular formula is C10H10N2O. The van der Waals surface area contributed by atoms with Gasteiger partial charge in [-0.15, -0.1) is 0 Å². The summed E-state index contributed by atoms with van der Waals surface area (Å²) < 4.78 is 4.76. The lowest BCUT2D eigenvalue weighted by Crippen LogP contribution is -1.95. The van der Waals surface area contributed by atoms with Crippen LogP contribution in [0.5, 0.6) is 0 Å². The van der Waals surface area contributed by atoms with Crippen molar-refractivity contribution < 1.29 is 4.52 Å². The first-order valence-corrected chi connectivity index (χ1v) is 4.10. The van der Waals surface area contributed by atoms with Crippen LogP contribution in [0.25, 0.3) is 11.3 Å². The summed E-state index contributed by atoms with van der Waals surface area (Å²) in [7, 11) is 0. The van der Waals surface area contributed by atoms with Crippen LogP contribution in [-0.2, 0) is 6.54 Å². The molecule has 0 saturated heterocycles. The summed E-state index contributed by atoms with van der Waals surface area (Å²) in [4.78, 5) is 0. The third kappa shape index (κ3) is 1.60. The van der Waals surface area contributed by atoms with Gasteiger partial charge in [0.25, 0.3) is 0 Å². The molecule has 0 atom stereocenters. The maximum atomic E-state index is 5.53. The van der Waals surface area contributed by atoms with Gasteiger partial charge >= 0.3 is 0 Å². The number of aromatic nitrogens is 1. The average Bonchev–Trinajstić information content (AvgIpc) is 2.71. The summed E-state index contributed by atoms with van der Waals surface area (Å²) >= 11 is 0. The molecule has 13 heavy (non-hydrogen) atoms. The van der Waals surface area contributed by atoms with E-state index in [1.165, 1.54) is 0 Å². The highest BCUT2D eigenvalue weighted by Gasteiger charge is 2.00. The van der Waals surface area contributed by atoms with Crippen LogP contribution in [0.1, 0.15) is 5.56 Å². The molecule has 3 heteroatoms. The topological polar surface area (TPSA) is 52.0 Å². The summed E-state index contributed by atoms with van der Waals surface area (Å²) in [6, 6.07) is 9.78. The number of nitrogens with zero attached hydrogens (tertiary/aromatic N) is 1. The smallest absolute Gasteiger partial charge is 0.124 e. The first-order valence-electron chi connectivity index (χ1n) is 4.10. The molecule has 0 aliphatic carbocycles. The van der Waals surface area contributed by atoms with Crippen LogP contribution in [0.15, 0.2) is 41.1 Å². The van der Waals surface area contributed by atoms with Crippen molar-refractivity contribution >= 4 is 0 Å². The van der Waals surface area contributed by atoms with Gasteiger partial charge in [-0.3, -0.25) is 0 Å². The van der Waals surface area contributed by atoms with Crippen LogP contribution in [0, 0.1) is 0 Å². The highest BCUT2D eigenvalue weighted by molar-refractivity contribution is 5.58. The second-order valence-electron chi connectivity index (χ2n) is 2.79. The lowest BCUT2D eigenvalue weighted by atomic mass is 10.1. The standard InChI is InChI=1S/C10H10N2O/c11-7-8-2-1-3-9(6-8)10-4-5-13-12-10/h1-6H,7,11H2. The lowest BCUT2D eigenvalue weighted by Gasteiger charge is -1.98. The van der Waals surface area contributed by atoms with Crippen LogP contribution in [0.4, 0.5) is 0 Å². The Hall–Kier alpha value is -1.61. The monoisotopic (exact) mass is 174 g/mol. The normalized spacial score (nSPS) is 10.2. The highest BCUT2D eigenvalue weighted by Crippen LogP contribution is 2.17. The Morgan fingerprint density at radius 3 is 2.92 bits per heavy atom. The number of hydrogen-bond acceptors (Lipinski definition) is 3. The predicted octanol–water partition coefficient (Wildman–Crippen LogP) is 1.80. The summed E-state index contributed by atoms with van der Waals surface area (Å²) in [5.74, 6) is 0.